The summed E-state index contributed by atoms with van der Waals surface area (Å²) in [5, 5.41) is 8.93. The molecule has 3 N–H and O–H groups in total. The van der Waals surface area contributed by atoms with Crippen molar-refractivity contribution in [3.8, 4) is 0 Å². The first-order chi connectivity index (χ1) is 9.06. The first kappa shape index (κ1) is 13.8. The molecule has 2 aromatic rings. The van der Waals surface area contributed by atoms with Crippen LogP contribution in [0.1, 0.15) is 16.1 Å². The number of nitrogens with zero attached hydrogens (tertiary/aromatic N) is 1. The number of hydrogen-bond acceptors (Lipinski definition) is 4. The summed E-state index contributed by atoms with van der Waals surface area (Å²) in [6, 6.07) is 3.78. The van der Waals surface area contributed by atoms with Crippen LogP contribution in [0.3, 0.4) is 0 Å². The van der Waals surface area contributed by atoms with Crippen LogP contribution in [0.15, 0.2) is 25.8 Å². The average Bonchev–Trinajstić information content (AvgIpc) is 2.90. The van der Waals surface area contributed by atoms with Crippen molar-refractivity contribution in [2.75, 3.05) is 0 Å². The summed E-state index contributed by atoms with van der Waals surface area (Å²) in [6.45, 7) is 1.73. The fraction of sp³-hybridized carbons (Fsp3) is 0.182. The smallest absolute Gasteiger partial charge is 0.267 e. The summed E-state index contributed by atoms with van der Waals surface area (Å²) in [4.78, 5) is 23.9. The molecule has 0 bridgehead atoms. The molecule has 2 heterocycles. The third-order valence-electron chi connectivity index (χ3n) is 2.40. The fourth-order valence-electron chi connectivity index (χ4n) is 1.45. The van der Waals surface area contributed by atoms with Crippen LogP contribution in [0.2, 0.25) is 0 Å². The minimum Gasteiger partial charge on any atom is -0.302 e. The van der Waals surface area contributed by atoms with E-state index < -0.39 is 0 Å². The Kier molecular flexibility index (Phi) is 4.33. The van der Waals surface area contributed by atoms with Gasteiger partial charge in [0.05, 0.1) is 16.4 Å². The Balaban J connectivity index is 1.92. The molecular formula is C11H11BrN4O2S. The van der Waals surface area contributed by atoms with E-state index >= 15 is 0 Å². The minimum absolute atomic E-state index is 0.00383. The second-order valence-corrected chi connectivity index (χ2v) is 6.29. The summed E-state index contributed by atoms with van der Waals surface area (Å²) < 4.78 is 0.995. The Morgan fingerprint density at radius 3 is 2.89 bits per heavy atom. The Bertz CT molecular complexity index is 670. The first-order valence-corrected chi connectivity index (χ1v) is 7.00. The van der Waals surface area contributed by atoms with Crippen molar-refractivity contribution in [3.63, 3.8) is 0 Å². The number of halogens is 1. The Labute approximate surface area is 121 Å². The summed E-state index contributed by atoms with van der Waals surface area (Å²) >= 11 is 4.84. The molecule has 1 amide bonds. The molecule has 0 aliphatic heterocycles. The SMILES string of the molecule is Cc1[nH][nH]c(=O)c1CC(=O)N/N=C/c1ccc(Br)s1. The van der Waals surface area contributed by atoms with Crippen LogP contribution in [-0.4, -0.2) is 22.3 Å². The number of aryl methyl sites for hydroxylation is 1. The summed E-state index contributed by atoms with van der Waals surface area (Å²) in [6.07, 6.45) is 1.55. The second-order valence-electron chi connectivity index (χ2n) is 3.79. The highest BCUT2D eigenvalue weighted by atomic mass is 79.9. The zero-order chi connectivity index (χ0) is 13.8. The lowest BCUT2D eigenvalue weighted by molar-refractivity contribution is -0.120. The third kappa shape index (κ3) is 3.65. The molecule has 0 aliphatic rings. The molecule has 0 atom stereocenters. The van der Waals surface area contributed by atoms with Crippen LogP contribution in [0.25, 0.3) is 0 Å². The molecule has 0 aromatic carbocycles. The van der Waals surface area contributed by atoms with Crippen LogP contribution in [0.5, 0.6) is 0 Å². The number of aromatic amines is 2. The van der Waals surface area contributed by atoms with E-state index in [2.05, 4.69) is 36.7 Å². The summed E-state index contributed by atoms with van der Waals surface area (Å²) in [5.74, 6) is -0.333. The highest BCUT2D eigenvalue weighted by Crippen LogP contribution is 2.20. The van der Waals surface area contributed by atoms with Gasteiger partial charge in [-0.15, -0.1) is 11.3 Å². The van der Waals surface area contributed by atoms with E-state index in [1.54, 1.807) is 13.1 Å². The molecular weight excluding hydrogens is 332 g/mol. The van der Waals surface area contributed by atoms with Gasteiger partial charge < -0.3 is 5.10 Å². The lowest BCUT2D eigenvalue weighted by Gasteiger charge is -1.97. The number of hydrazone groups is 1. The van der Waals surface area contributed by atoms with E-state index in [0.29, 0.717) is 11.3 Å². The number of amides is 1. The first-order valence-electron chi connectivity index (χ1n) is 5.39. The normalized spacial score (nSPS) is 11.1. The largest absolute Gasteiger partial charge is 0.302 e. The van der Waals surface area contributed by atoms with E-state index in [-0.39, 0.29) is 17.9 Å². The van der Waals surface area contributed by atoms with Gasteiger partial charge in [-0.05, 0) is 35.0 Å². The van der Waals surface area contributed by atoms with Gasteiger partial charge in [0.2, 0.25) is 5.91 Å². The lowest BCUT2D eigenvalue weighted by Crippen LogP contribution is -2.22. The quantitative estimate of drug-likeness (QED) is 0.580. The Morgan fingerprint density at radius 1 is 1.53 bits per heavy atom. The van der Waals surface area contributed by atoms with Crippen molar-refractivity contribution in [2.24, 2.45) is 5.10 Å². The van der Waals surface area contributed by atoms with E-state index in [4.69, 9.17) is 0 Å². The molecule has 0 spiro atoms. The van der Waals surface area contributed by atoms with Gasteiger partial charge in [0.15, 0.2) is 0 Å². The topological polar surface area (TPSA) is 90.1 Å². The molecule has 2 rings (SSSR count). The number of carbonyl (C=O) groups excluding carboxylic acids is 1. The number of aromatic nitrogens is 2. The van der Waals surface area contributed by atoms with Crippen molar-refractivity contribution < 1.29 is 4.79 Å². The predicted molar refractivity (Wildman–Crippen MR) is 77.6 cm³/mol. The minimum atomic E-state index is -0.333. The van der Waals surface area contributed by atoms with Gasteiger partial charge >= 0.3 is 0 Å². The zero-order valence-corrected chi connectivity index (χ0v) is 12.4. The van der Waals surface area contributed by atoms with E-state index in [1.807, 2.05) is 12.1 Å². The van der Waals surface area contributed by atoms with Crippen molar-refractivity contribution in [1.29, 1.82) is 0 Å². The van der Waals surface area contributed by atoms with Crippen molar-refractivity contribution >= 4 is 39.4 Å². The molecule has 100 valence electrons. The van der Waals surface area contributed by atoms with Crippen LogP contribution in [-0.2, 0) is 11.2 Å². The van der Waals surface area contributed by atoms with Crippen molar-refractivity contribution in [2.45, 2.75) is 13.3 Å². The highest BCUT2D eigenvalue weighted by molar-refractivity contribution is 9.11. The van der Waals surface area contributed by atoms with E-state index in [0.717, 1.165) is 8.66 Å². The van der Waals surface area contributed by atoms with Gasteiger partial charge in [0.1, 0.15) is 0 Å². The maximum absolute atomic E-state index is 11.6. The van der Waals surface area contributed by atoms with Crippen LogP contribution >= 0.6 is 27.3 Å². The van der Waals surface area contributed by atoms with Crippen LogP contribution in [0.4, 0.5) is 0 Å². The highest BCUT2D eigenvalue weighted by Gasteiger charge is 2.10. The van der Waals surface area contributed by atoms with Gasteiger partial charge in [-0.25, -0.2) is 5.43 Å². The molecule has 0 unspecified atom stereocenters. The average molecular weight is 343 g/mol. The van der Waals surface area contributed by atoms with E-state index in [9.17, 15) is 9.59 Å². The molecule has 0 saturated heterocycles. The zero-order valence-electron chi connectivity index (χ0n) is 9.99. The van der Waals surface area contributed by atoms with Gasteiger partial charge in [0, 0.05) is 16.1 Å². The van der Waals surface area contributed by atoms with Crippen LogP contribution in [0, 0.1) is 6.92 Å². The number of nitrogens with one attached hydrogen (secondary N) is 3. The van der Waals surface area contributed by atoms with Gasteiger partial charge in [-0.1, -0.05) is 0 Å². The molecule has 0 aliphatic carbocycles. The maximum Gasteiger partial charge on any atom is 0.267 e. The van der Waals surface area contributed by atoms with Gasteiger partial charge in [-0.3, -0.25) is 14.7 Å². The second kappa shape index (κ2) is 5.98. The number of hydrogen-bond donors (Lipinski definition) is 3. The molecule has 19 heavy (non-hydrogen) atoms. The number of thiophene rings is 1. The number of rotatable bonds is 4. The lowest BCUT2D eigenvalue weighted by atomic mass is 10.2. The van der Waals surface area contributed by atoms with Crippen LogP contribution < -0.4 is 11.0 Å². The molecule has 2 aromatic heterocycles. The van der Waals surface area contributed by atoms with E-state index in [1.165, 1.54) is 11.3 Å². The monoisotopic (exact) mass is 342 g/mol. The van der Waals surface area contributed by atoms with Crippen molar-refractivity contribution in [1.82, 2.24) is 15.6 Å². The Morgan fingerprint density at radius 2 is 2.32 bits per heavy atom. The summed E-state index contributed by atoms with van der Waals surface area (Å²) in [7, 11) is 0. The molecule has 8 heteroatoms. The standard InChI is InChI=1S/C11H11BrN4O2S/c1-6-8(11(18)16-14-6)4-10(17)15-13-5-7-2-3-9(12)19-7/h2-3,5H,4H2,1H3,(H,15,17)(H2,14,16,18)/b13-5+. The molecule has 6 nitrogen and oxygen atoms in total. The number of H-pyrrole nitrogens is 2. The predicted octanol–water partition coefficient (Wildman–Crippen LogP) is 1.53. The molecule has 0 fully saturated rings. The van der Waals surface area contributed by atoms with Gasteiger partial charge in [0.25, 0.3) is 5.56 Å². The number of carbonyl (C=O) groups is 1. The fourth-order valence-corrected chi connectivity index (χ4v) is 2.75. The molecule has 0 radical (unpaired) electrons. The third-order valence-corrected chi connectivity index (χ3v) is 3.96. The molecule has 0 saturated carbocycles. The van der Waals surface area contributed by atoms with Crippen molar-refractivity contribution in [3.05, 3.63) is 42.4 Å². The maximum atomic E-state index is 11.6. The Hall–Kier alpha value is -1.67. The summed E-state index contributed by atoms with van der Waals surface area (Å²) in [5.41, 5.74) is 3.19. The van der Waals surface area contributed by atoms with Gasteiger partial charge in [-0.2, -0.15) is 5.10 Å².